The Bertz CT molecular complexity index is 203. The first kappa shape index (κ1) is 13.5. The monoisotopic (exact) mass is 228 g/mol. The van der Waals surface area contributed by atoms with Gasteiger partial charge in [-0.3, -0.25) is 9.63 Å². The lowest BCUT2D eigenvalue weighted by molar-refractivity contribution is -0.128. The van der Waals surface area contributed by atoms with Gasteiger partial charge in [0, 0.05) is 6.54 Å². The predicted molar refractivity (Wildman–Crippen MR) is 63.9 cm³/mol. The maximum Gasteiger partial charge on any atom is 0.239 e. The zero-order valence-corrected chi connectivity index (χ0v) is 10.4. The maximum atomic E-state index is 11.6. The smallest absolute Gasteiger partial charge is 0.239 e. The van der Waals surface area contributed by atoms with Crippen LogP contribution in [0.5, 0.6) is 0 Å². The molecule has 1 aliphatic carbocycles. The molecular formula is C12H24N2O2. The molecule has 4 nitrogen and oxygen atoms in total. The first-order valence-corrected chi connectivity index (χ1v) is 6.43. The van der Waals surface area contributed by atoms with Crippen LogP contribution in [0.25, 0.3) is 0 Å². The summed E-state index contributed by atoms with van der Waals surface area (Å²) in [7, 11) is 0. The Hall–Kier alpha value is -0.610. The van der Waals surface area contributed by atoms with Crippen LogP contribution in [0.15, 0.2) is 0 Å². The van der Waals surface area contributed by atoms with Gasteiger partial charge in [-0.05, 0) is 26.2 Å². The van der Waals surface area contributed by atoms with Crippen LogP contribution in [0.1, 0.15) is 52.4 Å². The summed E-state index contributed by atoms with van der Waals surface area (Å²) in [6, 6.07) is -0.266. The molecule has 1 saturated carbocycles. The molecule has 16 heavy (non-hydrogen) atoms. The van der Waals surface area contributed by atoms with Crippen LogP contribution in [-0.2, 0) is 9.63 Å². The molecule has 1 aliphatic rings. The van der Waals surface area contributed by atoms with Crippen molar-refractivity contribution >= 4 is 5.91 Å². The molecule has 4 heteroatoms. The van der Waals surface area contributed by atoms with Gasteiger partial charge in [0.25, 0.3) is 0 Å². The molecule has 0 bridgehead atoms. The molecule has 0 aromatic heterocycles. The first-order valence-electron chi connectivity index (χ1n) is 6.43. The molecule has 1 fully saturated rings. The van der Waals surface area contributed by atoms with Crippen molar-refractivity contribution in [1.29, 1.82) is 0 Å². The molecule has 94 valence electrons. The second kappa shape index (κ2) is 7.63. The summed E-state index contributed by atoms with van der Waals surface area (Å²) in [6.07, 6.45) is 7.12. The zero-order chi connectivity index (χ0) is 11.8. The van der Waals surface area contributed by atoms with Gasteiger partial charge in [0.15, 0.2) is 0 Å². The van der Waals surface area contributed by atoms with Gasteiger partial charge in [-0.15, -0.1) is 0 Å². The highest BCUT2D eigenvalue weighted by Crippen LogP contribution is 2.19. The summed E-state index contributed by atoms with van der Waals surface area (Å²) >= 11 is 0. The Morgan fingerprint density at radius 2 is 2.12 bits per heavy atom. The molecule has 1 rings (SSSR count). The Labute approximate surface area is 98.1 Å². The summed E-state index contributed by atoms with van der Waals surface area (Å²) in [5, 5.41) is 2.88. The van der Waals surface area contributed by atoms with E-state index < -0.39 is 0 Å². The lowest BCUT2D eigenvalue weighted by atomic mass is 10.3. The molecule has 0 aliphatic heterocycles. The Morgan fingerprint density at radius 1 is 1.44 bits per heavy atom. The molecule has 1 unspecified atom stereocenters. The second-order valence-electron chi connectivity index (χ2n) is 4.51. The number of hydrogen-bond donors (Lipinski definition) is 2. The van der Waals surface area contributed by atoms with Crippen LogP contribution < -0.4 is 10.8 Å². The SMILES string of the molecule is CCCCNC(=O)C(C)NOC1CCCC1. The van der Waals surface area contributed by atoms with Crippen molar-refractivity contribution < 1.29 is 9.63 Å². The zero-order valence-electron chi connectivity index (χ0n) is 10.4. The molecule has 0 radical (unpaired) electrons. The van der Waals surface area contributed by atoms with E-state index in [-0.39, 0.29) is 11.9 Å². The van der Waals surface area contributed by atoms with Crippen molar-refractivity contribution in [3.63, 3.8) is 0 Å². The first-order chi connectivity index (χ1) is 7.74. The number of nitrogens with one attached hydrogen (secondary N) is 2. The summed E-state index contributed by atoms with van der Waals surface area (Å²) in [4.78, 5) is 17.1. The molecule has 0 aromatic carbocycles. The van der Waals surface area contributed by atoms with Crippen molar-refractivity contribution in [2.45, 2.75) is 64.5 Å². The standard InChI is InChI=1S/C12H24N2O2/c1-3-4-9-13-12(15)10(2)14-16-11-7-5-6-8-11/h10-11,14H,3-9H2,1-2H3,(H,13,15). The third-order valence-electron chi connectivity index (χ3n) is 2.94. The fourth-order valence-corrected chi connectivity index (χ4v) is 1.80. The summed E-state index contributed by atoms with van der Waals surface area (Å²) in [5.41, 5.74) is 2.84. The maximum absolute atomic E-state index is 11.6. The predicted octanol–water partition coefficient (Wildman–Crippen LogP) is 1.75. The second-order valence-corrected chi connectivity index (χ2v) is 4.51. The number of carbonyl (C=O) groups excluding carboxylic acids is 1. The van der Waals surface area contributed by atoms with Gasteiger partial charge >= 0.3 is 0 Å². The highest BCUT2D eigenvalue weighted by Gasteiger charge is 2.18. The largest absolute Gasteiger partial charge is 0.355 e. The van der Waals surface area contributed by atoms with Gasteiger partial charge in [-0.1, -0.05) is 26.2 Å². The molecular weight excluding hydrogens is 204 g/mol. The van der Waals surface area contributed by atoms with E-state index in [0.29, 0.717) is 6.10 Å². The molecule has 0 spiro atoms. The minimum atomic E-state index is -0.266. The van der Waals surface area contributed by atoms with Gasteiger partial charge < -0.3 is 5.32 Å². The molecule has 0 saturated heterocycles. The van der Waals surface area contributed by atoms with Crippen LogP contribution in [0.2, 0.25) is 0 Å². The van der Waals surface area contributed by atoms with E-state index in [0.717, 1.165) is 32.2 Å². The normalized spacial score (nSPS) is 18.6. The third kappa shape index (κ3) is 4.94. The highest BCUT2D eigenvalue weighted by atomic mass is 16.7. The topological polar surface area (TPSA) is 50.4 Å². The summed E-state index contributed by atoms with van der Waals surface area (Å²) in [6.45, 7) is 4.69. The Morgan fingerprint density at radius 3 is 2.75 bits per heavy atom. The van der Waals surface area contributed by atoms with Gasteiger partial charge in [0.05, 0.1) is 6.10 Å². The number of amides is 1. The lowest BCUT2D eigenvalue weighted by Crippen LogP contribution is -2.43. The van der Waals surface area contributed by atoms with E-state index in [1.165, 1.54) is 12.8 Å². The highest BCUT2D eigenvalue weighted by molar-refractivity contribution is 5.81. The third-order valence-corrected chi connectivity index (χ3v) is 2.94. The minimum absolute atomic E-state index is 0.0199. The van der Waals surface area contributed by atoms with Crippen molar-refractivity contribution in [1.82, 2.24) is 10.8 Å². The van der Waals surface area contributed by atoms with Gasteiger partial charge in [0.2, 0.25) is 5.91 Å². The number of hydrogen-bond acceptors (Lipinski definition) is 3. The molecule has 1 amide bonds. The van der Waals surface area contributed by atoms with Crippen molar-refractivity contribution in [3.05, 3.63) is 0 Å². The van der Waals surface area contributed by atoms with Crippen molar-refractivity contribution in [3.8, 4) is 0 Å². The molecule has 1 atom stereocenters. The van der Waals surface area contributed by atoms with Crippen LogP contribution in [0, 0.1) is 0 Å². The lowest BCUT2D eigenvalue weighted by Gasteiger charge is -2.17. The fourth-order valence-electron chi connectivity index (χ4n) is 1.80. The van der Waals surface area contributed by atoms with E-state index in [1.807, 2.05) is 6.92 Å². The average molecular weight is 228 g/mol. The summed E-state index contributed by atoms with van der Waals surface area (Å²) in [5.74, 6) is 0.0199. The fraction of sp³-hybridized carbons (Fsp3) is 0.917. The van der Waals surface area contributed by atoms with E-state index in [4.69, 9.17) is 4.84 Å². The number of hydroxylamine groups is 1. The van der Waals surface area contributed by atoms with Crippen LogP contribution in [0.4, 0.5) is 0 Å². The average Bonchev–Trinajstić information content (AvgIpc) is 2.79. The van der Waals surface area contributed by atoms with Gasteiger partial charge in [0.1, 0.15) is 6.04 Å². The number of rotatable bonds is 7. The van der Waals surface area contributed by atoms with Gasteiger partial charge in [-0.2, -0.15) is 5.48 Å². The van der Waals surface area contributed by atoms with E-state index >= 15 is 0 Å². The van der Waals surface area contributed by atoms with Crippen LogP contribution >= 0.6 is 0 Å². The van der Waals surface area contributed by atoms with E-state index in [9.17, 15) is 4.79 Å². The van der Waals surface area contributed by atoms with Crippen molar-refractivity contribution in [2.75, 3.05) is 6.54 Å². The van der Waals surface area contributed by atoms with Gasteiger partial charge in [-0.25, -0.2) is 0 Å². The molecule has 0 heterocycles. The Kier molecular flexibility index (Phi) is 6.42. The Balaban J connectivity index is 2.07. The minimum Gasteiger partial charge on any atom is -0.355 e. The quantitative estimate of drug-likeness (QED) is 0.515. The van der Waals surface area contributed by atoms with Crippen molar-refractivity contribution in [2.24, 2.45) is 0 Å². The molecule has 2 N–H and O–H groups in total. The van der Waals surface area contributed by atoms with E-state index in [1.54, 1.807) is 0 Å². The number of carbonyl (C=O) groups is 1. The van der Waals surface area contributed by atoms with E-state index in [2.05, 4.69) is 17.7 Å². The summed E-state index contributed by atoms with van der Waals surface area (Å²) < 4.78 is 0. The van der Waals surface area contributed by atoms with Crippen LogP contribution in [0.3, 0.4) is 0 Å². The molecule has 0 aromatic rings. The number of unbranched alkanes of at least 4 members (excludes halogenated alkanes) is 1. The van der Waals surface area contributed by atoms with Crippen LogP contribution in [-0.4, -0.2) is 24.6 Å².